The Balaban J connectivity index is 1.95. The molecule has 0 heterocycles. The third kappa shape index (κ3) is 5.83. The summed E-state index contributed by atoms with van der Waals surface area (Å²) in [5.41, 5.74) is 6.34. The molecule has 0 atom stereocenters. The summed E-state index contributed by atoms with van der Waals surface area (Å²) >= 11 is 0. The average molecular weight is 430 g/mol. The van der Waals surface area contributed by atoms with Crippen LogP contribution in [0.4, 0.5) is 5.69 Å². The van der Waals surface area contributed by atoms with E-state index < -0.39 is 5.92 Å². The Labute approximate surface area is 190 Å². The van der Waals surface area contributed by atoms with Gasteiger partial charge in [0.05, 0.1) is 18.2 Å². The van der Waals surface area contributed by atoms with Gasteiger partial charge in [-0.1, -0.05) is 86.6 Å². The van der Waals surface area contributed by atoms with Crippen molar-refractivity contribution in [2.45, 2.75) is 26.7 Å². The van der Waals surface area contributed by atoms with Gasteiger partial charge < -0.3 is 0 Å². The molecule has 0 unspecified atom stereocenters. The Morgan fingerprint density at radius 2 is 1.38 bits per heavy atom. The lowest BCUT2D eigenvalue weighted by Gasteiger charge is -2.29. The zero-order valence-electron chi connectivity index (χ0n) is 19.0. The Hall–Kier alpha value is -3.44. The summed E-state index contributed by atoms with van der Waals surface area (Å²) in [7, 11) is 0. The van der Waals surface area contributed by atoms with E-state index in [1.807, 2.05) is 111 Å². The van der Waals surface area contributed by atoms with Gasteiger partial charge in [0.25, 0.3) is 11.8 Å². The van der Waals surface area contributed by atoms with Gasteiger partial charge in [-0.25, -0.2) is 5.01 Å². The number of hydrazine groups is 1. The fourth-order valence-electron chi connectivity index (χ4n) is 3.71. The first kappa shape index (κ1) is 23.2. The van der Waals surface area contributed by atoms with E-state index in [4.69, 9.17) is 0 Å². The SMILES string of the molecule is CCN(CC)CC(=O)N(NC(=O)C(c1ccccc1)c1ccccc1)c1cccc(C)c1. The molecule has 3 aromatic carbocycles. The van der Waals surface area contributed by atoms with Gasteiger partial charge in [-0.15, -0.1) is 0 Å². The molecule has 1 N–H and O–H groups in total. The van der Waals surface area contributed by atoms with Crippen molar-refractivity contribution < 1.29 is 9.59 Å². The Morgan fingerprint density at radius 1 is 0.812 bits per heavy atom. The highest BCUT2D eigenvalue weighted by atomic mass is 16.2. The van der Waals surface area contributed by atoms with E-state index in [1.165, 1.54) is 5.01 Å². The summed E-state index contributed by atoms with van der Waals surface area (Å²) < 4.78 is 0. The van der Waals surface area contributed by atoms with Crippen LogP contribution in [-0.4, -0.2) is 36.3 Å². The van der Waals surface area contributed by atoms with E-state index in [-0.39, 0.29) is 18.4 Å². The van der Waals surface area contributed by atoms with Crippen LogP contribution in [0.25, 0.3) is 0 Å². The first-order chi connectivity index (χ1) is 15.5. The van der Waals surface area contributed by atoms with Crippen LogP contribution in [0.15, 0.2) is 84.9 Å². The molecule has 3 aromatic rings. The van der Waals surface area contributed by atoms with E-state index in [1.54, 1.807) is 0 Å². The number of hydrogen-bond donors (Lipinski definition) is 1. The number of aryl methyl sites for hydroxylation is 1. The molecular formula is C27H31N3O2. The molecule has 0 fully saturated rings. The van der Waals surface area contributed by atoms with E-state index in [0.717, 1.165) is 29.8 Å². The summed E-state index contributed by atoms with van der Waals surface area (Å²) in [4.78, 5) is 28.9. The first-order valence-corrected chi connectivity index (χ1v) is 11.1. The van der Waals surface area contributed by atoms with Crippen LogP contribution in [0, 0.1) is 6.92 Å². The number of hydrogen-bond acceptors (Lipinski definition) is 3. The molecular weight excluding hydrogens is 398 g/mol. The lowest BCUT2D eigenvalue weighted by atomic mass is 9.91. The van der Waals surface area contributed by atoms with Crippen LogP contribution >= 0.6 is 0 Å². The molecule has 0 aliphatic heterocycles. The molecule has 5 heteroatoms. The maximum atomic E-state index is 13.6. The van der Waals surface area contributed by atoms with E-state index in [0.29, 0.717) is 5.69 Å². The molecule has 0 aliphatic rings. The van der Waals surface area contributed by atoms with Gasteiger partial charge in [0.1, 0.15) is 0 Å². The number of anilines is 1. The lowest BCUT2D eigenvalue weighted by molar-refractivity contribution is -0.127. The predicted molar refractivity (Wildman–Crippen MR) is 129 cm³/mol. The molecule has 0 aliphatic carbocycles. The molecule has 32 heavy (non-hydrogen) atoms. The highest BCUT2D eigenvalue weighted by molar-refractivity contribution is 5.99. The lowest BCUT2D eigenvalue weighted by Crippen LogP contribution is -2.51. The topological polar surface area (TPSA) is 52.7 Å². The van der Waals surface area contributed by atoms with Crippen LogP contribution < -0.4 is 10.4 Å². The smallest absolute Gasteiger partial charge is 0.259 e. The number of benzene rings is 3. The van der Waals surface area contributed by atoms with Crippen molar-refractivity contribution >= 4 is 17.5 Å². The van der Waals surface area contributed by atoms with Crippen molar-refractivity contribution in [3.63, 3.8) is 0 Å². The number of nitrogens with one attached hydrogen (secondary N) is 1. The minimum Gasteiger partial charge on any atom is -0.295 e. The van der Waals surface area contributed by atoms with Gasteiger partial charge in [0, 0.05) is 0 Å². The fraction of sp³-hybridized carbons (Fsp3) is 0.259. The van der Waals surface area contributed by atoms with Crippen molar-refractivity contribution in [1.82, 2.24) is 10.3 Å². The number of carbonyl (C=O) groups excluding carboxylic acids is 2. The van der Waals surface area contributed by atoms with E-state index in [2.05, 4.69) is 5.43 Å². The van der Waals surface area contributed by atoms with Crippen molar-refractivity contribution in [3.8, 4) is 0 Å². The molecule has 0 saturated carbocycles. The number of nitrogens with zero attached hydrogens (tertiary/aromatic N) is 2. The molecule has 0 radical (unpaired) electrons. The zero-order valence-corrected chi connectivity index (χ0v) is 19.0. The standard InChI is InChI=1S/C27H31N3O2/c1-4-29(5-2)20-25(31)30(24-18-12-13-21(3)19-24)28-27(32)26(22-14-8-6-9-15-22)23-16-10-7-11-17-23/h6-19,26H,4-5,20H2,1-3H3,(H,28,32). The van der Waals surface area contributed by atoms with Gasteiger partial charge >= 0.3 is 0 Å². The summed E-state index contributed by atoms with van der Waals surface area (Å²) in [6, 6.07) is 26.9. The predicted octanol–water partition coefficient (Wildman–Crippen LogP) is 4.53. The zero-order chi connectivity index (χ0) is 22.9. The Morgan fingerprint density at radius 3 is 1.88 bits per heavy atom. The molecule has 0 saturated heterocycles. The molecule has 0 spiro atoms. The molecule has 166 valence electrons. The second-order valence-electron chi connectivity index (χ2n) is 7.76. The van der Waals surface area contributed by atoms with Gasteiger partial charge in [-0.05, 0) is 48.8 Å². The fourth-order valence-corrected chi connectivity index (χ4v) is 3.71. The Kier molecular flexibility index (Phi) is 8.17. The van der Waals surface area contributed by atoms with Gasteiger partial charge in [-0.2, -0.15) is 0 Å². The molecule has 2 amide bonds. The van der Waals surface area contributed by atoms with Gasteiger partial charge in [-0.3, -0.25) is 19.9 Å². The Bertz CT molecular complexity index is 978. The first-order valence-electron chi connectivity index (χ1n) is 11.1. The quantitative estimate of drug-likeness (QED) is 0.535. The number of carbonyl (C=O) groups is 2. The summed E-state index contributed by atoms with van der Waals surface area (Å²) in [5.74, 6) is -0.963. The molecule has 0 aromatic heterocycles. The highest BCUT2D eigenvalue weighted by Crippen LogP contribution is 2.25. The van der Waals surface area contributed by atoms with E-state index in [9.17, 15) is 9.59 Å². The minimum atomic E-state index is -0.536. The third-order valence-electron chi connectivity index (χ3n) is 5.51. The highest BCUT2D eigenvalue weighted by Gasteiger charge is 2.27. The number of rotatable bonds is 8. The molecule has 3 rings (SSSR count). The molecule has 0 bridgehead atoms. The van der Waals surface area contributed by atoms with Gasteiger partial charge in [0.2, 0.25) is 0 Å². The van der Waals surface area contributed by atoms with Crippen LogP contribution in [0.5, 0.6) is 0 Å². The second kappa shape index (κ2) is 11.3. The summed E-state index contributed by atoms with van der Waals surface area (Å²) in [6.07, 6.45) is 0. The summed E-state index contributed by atoms with van der Waals surface area (Å²) in [5, 5.41) is 1.40. The van der Waals surface area contributed by atoms with Crippen molar-refractivity contribution in [2.24, 2.45) is 0 Å². The second-order valence-corrected chi connectivity index (χ2v) is 7.76. The van der Waals surface area contributed by atoms with Crippen LogP contribution in [0.2, 0.25) is 0 Å². The number of amides is 2. The van der Waals surface area contributed by atoms with Crippen LogP contribution in [0.3, 0.4) is 0 Å². The van der Waals surface area contributed by atoms with Crippen molar-refractivity contribution in [3.05, 3.63) is 102 Å². The normalized spacial score (nSPS) is 10.9. The minimum absolute atomic E-state index is 0.174. The molecule has 5 nitrogen and oxygen atoms in total. The van der Waals surface area contributed by atoms with Gasteiger partial charge in [0.15, 0.2) is 0 Å². The van der Waals surface area contributed by atoms with E-state index >= 15 is 0 Å². The van der Waals surface area contributed by atoms with Crippen molar-refractivity contribution in [2.75, 3.05) is 24.6 Å². The maximum absolute atomic E-state index is 13.6. The van der Waals surface area contributed by atoms with Crippen molar-refractivity contribution in [1.29, 1.82) is 0 Å². The van der Waals surface area contributed by atoms with Crippen LogP contribution in [-0.2, 0) is 9.59 Å². The number of likely N-dealkylation sites (N-methyl/N-ethyl adjacent to an activating group) is 1. The third-order valence-corrected chi connectivity index (χ3v) is 5.51. The van der Waals surface area contributed by atoms with Crippen LogP contribution in [0.1, 0.15) is 36.5 Å². The largest absolute Gasteiger partial charge is 0.295 e. The monoisotopic (exact) mass is 429 g/mol. The maximum Gasteiger partial charge on any atom is 0.259 e. The summed E-state index contributed by atoms with van der Waals surface area (Å²) in [6.45, 7) is 7.75. The average Bonchev–Trinajstić information content (AvgIpc) is 2.82.